The molecular formula is C19H25N5O4. The van der Waals surface area contributed by atoms with E-state index in [-0.39, 0.29) is 6.79 Å². The Morgan fingerprint density at radius 1 is 1.18 bits per heavy atom. The molecule has 4 rings (SSSR count). The van der Waals surface area contributed by atoms with Crippen LogP contribution in [-0.4, -0.2) is 74.1 Å². The summed E-state index contributed by atoms with van der Waals surface area (Å²) in [6.45, 7) is 6.04. The lowest BCUT2D eigenvalue weighted by molar-refractivity contribution is 0.168. The second-order valence-electron chi connectivity index (χ2n) is 6.59. The van der Waals surface area contributed by atoms with Crippen molar-refractivity contribution in [2.75, 3.05) is 53.2 Å². The highest BCUT2D eigenvalue weighted by atomic mass is 16.7. The van der Waals surface area contributed by atoms with Crippen LogP contribution in [0.15, 0.2) is 40.0 Å². The Kier molecular flexibility index (Phi) is 5.81. The largest absolute Gasteiger partial charge is 0.492 e. The van der Waals surface area contributed by atoms with Crippen LogP contribution in [0, 0.1) is 0 Å². The van der Waals surface area contributed by atoms with Gasteiger partial charge in [0.05, 0.1) is 12.2 Å². The molecule has 1 saturated heterocycles. The second-order valence-corrected chi connectivity index (χ2v) is 6.59. The van der Waals surface area contributed by atoms with Crippen LogP contribution >= 0.6 is 0 Å². The normalized spacial score (nSPS) is 17.0. The summed E-state index contributed by atoms with van der Waals surface area (Å²) >= 11 is 0. The zero-order valence-electron chi connectivity index (χ0n) is 16.0. The average Bonchev–Trinajstić information content (AvgIpc) is 3.40. The first kappa shape index (κ1) is 18.4. The maximum atomic E-state index is 5.79. The van der Waals surface area contributed by atoms with Gasteiger partial charge in [0.15, 0.2) is 17.5 Å². The van der Waals surface area contributed by atoms with E-state index in [0.717, 1.165) is 61.6 Å². The highest BCUT2D eigenvalue weighted by Crippen LogP contribution is 2.34. The first-order valence-electron chi connectivity index (χ1n) is 9.41. The Morgan fingerprint density at radius 2 is 2.04 bits per heavy atom. The van der Waals surface area contributed by atoms with Crippen LogP contribution in [0.4, 0.5) is 0 Å². The van der Waals surface area contributed by atoms with Crippen molar-refractivity contribution in [3.63, 3.8) is 0 Å². The van der Waals surface area contributed by atoms with Crippen LogP contribution < -0.4 is 19.5 Å². The summed E-state index contributed by atoms with van der Waals surface area (Å²) in [5, 5.41) is 7.35. The number of piperazine rings is 1. The zero-order chi connectivity index (χ0) is 19.2. The minimum Gasteiger partial charge on any atom is -0.492 e. The highest BCUT2D eigenvalue weighted by molar-refractivity contribution is 5.80. The maximum absolute atomic E-state index is 5.79. The van der Waals surface area contributed by atoms with Gasteiger partial charge in [0.2, 0.25) is 6.79 Å². The number of nitrogens with zero attached hydrogens (tertiary/aromatic N) is 4. The van der Waals surface area contributed by atoms with E-state index in [9.17, 15) is 0 Å². The summed E-state index contributed by atoms with van der Waals surface area (Å²) in [6, 6.07) is 7.51. The van der Waals surface area contributed by atoms with Gasteiger partial charge in [0.1, 0.15) is 18.6 Å². The Bertz CT molecular complexity index is 788. The Balaban J connectivity index is 1.18. The molecule has 3 heterocycles. The summed E-state index contributed by atoms with van der Waals surface area (Å²) in [6.07, 6.45) is 1.61. The Hall–Kier alpha value is -2.94. The SMILES string of the molecule is CN=C(NCCOc1ccc2c(c1)OCO2)N1CCN(Cc2ccon2)CC1. The van der Waals surface area contributed by atoms with Crippen molar-refractivity contribution in [3.05, 3.63) is 36.2 Å². The van der Waals surface area contributed by atoms with Crippen LogP contribution in [0.1, 0.15) is 5.69 Å². The number of rotatable bonds is 6. The monoisotopic (exact) mass is 387 g/mol. The lowest BCUT2D eigenvalue weighted by atomic mass is 10.3. The fraction of sp³-hybridized carbons (Fsp3) is 0.474. The predicted octanol–water partition coefficient (Wildman–Crippen LogP) is 1.18. The van der Waals surface area contributed by atoms with Gasteiger partial charge in [-0.25, -0.2) is 0 Å². The molecule has 0 amide bonds. The molecule has 1 fully saturated rings. The standard InChI is InChI=1S/C19H25N5O4/c1-20-19(24-8-6-23(7-9-24)13-15-4-10-28-22-15)21-5-11-25-16-2-3-17-18(12-16)27-14-26-17/h2-4,10,12H,5-9,11,13-14H2,1H3,(H,20,21). The van der Waals surface area contributed by atoms with Crippen molar-refractivity contribution in [1.82, 2.24) is 20.3 Å². The molecule has 150 valence electrons. The number of ether oxygens (including phenoxy) is 3. The Morgan fingerprint density at radius 3 is 2.82 bits per heavy atom. The van der Waals surface area contributed by atoms with Crippen LogP contribution in [0.2, 0.25) is 0 Å². The number of benzene rings is 1. The first-order valence-corrected chi connectivity index (χ1v) is 9.41. The van der Waals surface area contributed by atoms with E-state index < -0.39 is 0 Å². The predicted molar refractivity (Wildman–Crippen MR) is 103 cm³/mol. The van der Waals surface area contributed by atoms with Crippen LogP contribution in [-0.2, 0) is 6.54 Å². The minimum absolute atomic E-state index is 0.266. The number of guanidine groups is 1. The minimum atomic E-state index is 0.266. The van der Waals surface area contributed by atoms with Crippen molar-refractivity contribution in [3.8, 4) is 17.2 Å². The summed E-state index contributed by atoms with van der Waals surface area (Å²) in [7, 11) is 1.81. The van der Waals surface area contributed by atoms with Crippen LogP contribution in [0.5, 0.6) is 17.2 Å². The van der Waals surface area contributed by atoms with Gasteiger partial charge in [-0.2, -0.15) is 0 Å². The molecule has 0 bridgehead atoms. The molecule has 9 heteroatoms. The molecule has 2 aliphatic rings. The summed E-state index contributed by atoms with van der Waals surface area (Å²) < 4.78 is 21.4. The number of fused-ring (bicyclic) bond motifs is 1. The van der Waals surface area contributed by atoms with E-state index >= 15 is 0 Å². The molecule has 1 N–H and O–H groups in total. The second kappa shape index (κ2) is 8.83. The molecule has 1 aromatic carbocycles. The molecular weight excluding hydrogens is 362 g/mol. The molecule has 0 spiro atoms. The molecule has 0 radical (unpaired) electrons. The summed E-state index contributed by atoms with van der Waals surface area (Å²) in [4.78, 5) is 9.03. The first-order chi connectivity index (χ1) is 13.8. The zero-order valence-corrected chi connectivity index (χ0v) is 16.0. The highest BCUT2D eigenvalue weighted by Gasteiger charge is 2.20. The lowest BCUT2D eigenvalue weighted by Gasteiger charge is -2.36. The number of aromatic nitrogens is 1. The van der Waals surface area contributed by atoms with Gasteiger partial charge < -0.3 is 29.0 Å². The van der Waals surface area contributed by atoms with Gasteiger partial charge in [0, 0.05) is 51.9 Å². The maximum Gasteiger partial charge on any atom is 0.231 e. The van der Waals surface area contributed by atoms with Gasteiger partial charge in [-0.1, -0.05) is 5.16 Å². The smallest absolute Gasteiger partial charge is 0.231 e. The van der Waals surface area contributed by atoms with Crippen molar-refractivity contribution >= 4 is 5.96 Å². The van der Waals surface area contributed by atoms with Gasteiger partial charge in [-0.3, -0.25) is 9.89 Å². The van der Waals surface area contributed by atoms with Crippen molar-refractivity contribution < 1.29 is 18.7 Å². The van der Waals surface area contributed by atoms with E-state index in [1.165, 1.54) is 0 Å². The average molecular weight is 387 g/mol. The molecule has 0 atom stereocenters. The lowest BCUT2D eigenvalue weighted by Crippen LogP contribution is -2.52. The quantitative estimate of drug-likeness (QED) is 0.449. The number of hydrogen-bond acceptors (Lipinski definition) is 7. The van der Waals surface area contributed by atoms with Crippen LogP contribution in [0.3, 0.4) is 0 Å². The molecule has 28 heavy (non-hydrogen) atoms. The van der Waals surface area contributed by atoms with E-state index in [0.29, 0.717) is 13.2 Å². The molecule has 0 aliphatic carbocycles. The molecule has 2 aromatic rings. The topological polar surface area (TPSA) is 84.6 Å². The van der Waals surface area contributed by atoms with Crippen LogP contribution in [0.25, 0.3) is 0 Å². The molecule has 1 aromatic heterocycles. The van der Waals surface area contributed by atoms with Crippen molar-refractivity contribution in [1.29, 1.82) is 0 Å². The van der Waals surface area contributed by atoms with Crippen molar-refractivity contribution in [2.24, 2.45) is 4.99 Å². The fourth-order valence-electron chi connectivity index (χ4n) is 3.30. The molecule has 9 nitrogen and oxygen atoms in total. The third-order valence-electron chi connectivity index (χ3n) is 4.76. The molecule has 0 saturated carbocycles. The number of nitrogens with one attached hydrogen (secondary N) is 1. The summed E-state index contributed by atoms with van der Waals surface area (Å²) in [5.74, 6) is 3.15. The number of aliphatic imine (C=N–C) groups is 1. The molecule has 2 aliphatic heterocycles. The van der Waals surface area contributed by atoms with E-state index in [1.54, 1.807) is 6.26 Å². The Labute approximate surface area is 163 Å². The number of hydrogen-bond donors (Lipinski definition) is 1. The fourth-order valence-corrected chi connectivity index (χ4v) is 3.30. The summed E-state index contributed by atoms with van der Waals surface area (Å²) in [5.41, 5.74) is 0.969. The van der Waals surface area contributed by atoms with Gasteiger partial charge in [0.25, 0.3) is 0 Å². The van der Waals surface area contributed by atoms with Gasteiger partial charge in [-0.05, 0) is 12.1 Å². The van der Waals surface area contributed by atoms with E-state index in [4.69, 9.17) is 18.7 Å². The van der Waals surface area contributed by atoms with Gasteiger partial charge in [-0.15, -0.1) is 0 Å². The molecule has 0 unspecified atom stereocenters. The third kappa shape index (κ3) is 4.48. The van der Waals surface area contributed by atoms with E-state index in [1.807, 2.05) is 31.3 Å². The third-order valence-corrected chi connectivity index (χ3v) is 4.76. The van der Waals surface area contributed by atoms with E-state index in [2.05, 4.69) is 25.3 Å². The van der Waals surface area contributed by atoms with Gasteiger partial charge >= 0.3 is 0 Å². The van der Waals surface area contributed by atoms with Crippen molar-refractivity contribution in [2.45, 2.75) is 6.54 Å².